The summed E-state index contributed by atoms with van der Waals surface area (Å²) in [7, 11) is 0. The first-order chi connectivity index (χ1) is 7.91. The number of Topliss-reactive ketones (excluding diaryl/α,β-unsaturated/α-hetero) is 1. The molecule has 1 unspecified atom stereocenters. The average molecular weight is 278 g/mol. The highest BCUT2D eigenvalue weighted by Gasteiger charge is 2.32. The van der Waals surface area contributed by atoms with Crippen LogP contribution in [0.1, 0.15) is 33.6 Å². The van der Waals surface area contributed by atoms with Gasteiger partial charge in [0.2, 0.25) is 5.91 Å². The highest BCUT2D eigenvalue weighted by molar-refractivity contribution is 5.99. The molecule has 18 heavy (non-hydrogen) atoms. The van der Waals surface area contributed by atoms with Gasteiger partial charge in [0.15, 0.2) is 0 Å². The predicted molar refractivity (Wildman–Crippen MR) is 68.5 cm³/mol. The Morgan fingerprint density at radius 2 is 1.94 bits per heavy atom. The van der Waals surface area contributed by atoms with Crippen molar-refractivity contribution >= 4 is 30.1 Å². The van der Waals surface area contributed by atoms with Gasteiger partial charge in [0.1, 0.15) is 11.7 Å². The number of hydrogen-bond donors (Lipinski definition) is 0. The van der Waals surface area contributed by atoms with E-state index in [1.165, 1.54) is 6.92 Å². The fourth-order valence-corrected chi connectivity index (χ4v) is 1.86. The molecular formula is C12H20ClNO4. The number of amides is 1. The lowest BCUT2D eigenvalue weighted by Crippen LogP contribution is -2.30. The SMILES string of the molecule is CC(=O)N1CCC(=O)C(C(=O)OC(C)C)CC1.Cl. The van der Waals surface area contributed by atoms with E-state index in [-0.39, 0.29) is 36.6 Å². The van der Waals surface area contributed by atoms with Crippen molar-refractivity contribution in [2.24, 2.45) is 5.92 Å². The molecule has 0 aromatic heterocycles. The zero-order chi connectivity index (χ0) is 13.0. The third-order valence-corrected chi connectivity index (χ3v) is 2.79. The minimum absolute atomic E-state index is 0. The Labute approximate surface area is 113 Å². The Balaban J connectivity index is 0.00000289. The molecule has 0 bridgehead atoms. The Bertz CT molecular complexity index is 330. The van der Waals surface area contributed by atoms with Crippen molar-refractivity contribution in [1.29, 1.82) is 0 Å². The topological polar surface area (TPSA) is 63.7 Å². The molecule has 0 N–H and O–H groups in total. The van der Waals surface area contributed by atoms with Crippen LogP contribution in [-0.2, 0) is 19.1 Å². The van der Waals surface area contributed by atoms with Gasteiger partial charge in [0.25, 0.3) is 0 Å². The van der Waals surface area contributed by atoms with Crippen molar-refractivity contribution in [1.82, 2.24) is 4.90 Å². The number of ether oxygens (including phenoxy) is 1. The molecule has 0 radical (unpaired) electrons. The predicted octanol–water partition coefficient (Wildman–Crippen LogP) is 1.19. The Morgan fingerprint density at radius 1 is 1.33 bits per heavy atom. The normalized spacial score (nSPS) is 20.1. The second kappa shape index (κ2) is 7.36. The number of ketones is 1. The highest BCUT2D eigenvalue weighted by Crippen LogP contribution is 2.16. The zero-order valence-electron chi connectivity index (χ0n) is 11.0. The van der Waals surface area contributed by atoms with Crippen molar-refractivity contribution < 1.29 is 19.1 Å². The molecule has 0 aliphatic carbocycles. The van der Waals surface area contributed by atoms with Gasteiger partial charge >= 0.3 is 5.97 Å². The molecule has 1 aliphatic rings. The maximum Gasteiger partial charge on any atom is 0.316 e. The third kappa shape index (κ3) is 4.64. The van der Waals surface area contributed by atoms with Gasteiger partial charge in [-0.25, -0.2) is 0 Å². The lowest BCUT2D eigenvalue weighted by atomic mass is 9.99. The minimum Gasteiger partial charge on any atom is -0.462 e. The lowest BCUT2D eigenvalue weighted by Gasteiger charge is -2.17. The van der Waals surface area contributed by atoms with Crippen LogP contribution in [0.3, 0.4) is 0 Å². The lowest BCUT2D eigenvalue weighted by molar-refractivity contribution is -0.155. The molecule has 1 rings (SSSR count). The summed E-state index contributed by atoms with van der Waals surface area (Å²) in [5.74, 6) is -1.35. The molecule has 1 aliphatic heterocycles. The number of hydrogen-bond acceptors (Lipinski definition) is 4. The van der Waals surface area contributed by atoms with Gasteiger partial charge in [0.05, 0.1) is 6.10 Å². The monoisotopic (exact) mass is 277 g/mol. The van der Waals surface area contributed by atoms with Gasteiger partial charge < -0.3 is 9.64 Å². The van der Waals surface area contributed by atoms with Gasteiger partial charge in [-0.05, 0) is 20.3 Å². The molecule has 1 amide bonds. The van der Waals surface area contributed by atoms with Gasteiger partial charge in [-0.15, -0.1) is 12.4 Å². The minimum atomic E-state index is -0.707. The Morgan fingerprint density at radius 3 is 2.44 bits per heavy atom. The van der Waals surface area contributed by atoms with E-state index >= 15 is 0 Å². The summed E-state index contributed by atoms with van der Waals surface area (Å²) in [6.07, 6.45) is 0.379. The van der Waals surface area contributed by atoms with E-state index in [4.69, 9.17) is 4.74 Å². The van der Waals surface area contributed by atoms with Gasteiger partial charge in [-0.3, -0.25) is 14.4 Å². The van der Waals surface area contributed by atoms with Gasteiger partial charge in [-0.1, -0.05) is 0 Å². The first kappa shape index (κ1) is 16.9. The largest absolute Gasteiger partial charge is 0.462 e. The molecule has 0 spiro atoms. The molecule has 1 atom stereocenters. The van der Waals surface area contributed by atoms with Crippen LogP contribution >= 0.6 is 12.4 Å². The second-order valence-electron chi connectivity index (χ2n) is 4.55. The fraction of sp³-hybridized carbons (Fsp3) is 0.750. The van der Waals surface area contributed by atoms with Gasteiger partial charge in [-0.2, -0.15) is 0 Å². The first-order valence-electron chi connectivity index (χ1n) is 5.90. The molecule has 1 fully saturated rings. The van der Waals surface area contributed by atoms with E-state index in [9.17, 15) is 14.4 Å². The van der Waals surface area contributed by atoms with Crippen LogP contribution in [0.15, 0.2) is 0 Å². The highest BCUT2D eigenvalue weighted by atomic mass is 35.5. The first-order valence-corrected chi connectivity index (χ1v) is 5.90. The molecule has 0 saturated carbocycles. The number of esters is 1. The molecule has 0 aromatic rings. The van der Waals surface area contributed by atoms with Crippen LogP contribution in [0.4, 0.5) is 0 Å². The summed E-state index contributed by atoms with van der Waals surface area (Å²) in [6.45, 7) is 5.82. The number of likely N-dealkylation sites (tertiary alicyclic amines) is 1. The van der Waals surface area contributed by atoms with Crippen LogP contribution in [0.2, 0.25) is 0 Å². The van der Waals surface area contributed by atoms with E-state index < -0.39 is 11.9 Å². The van der Waals surface area contributed by atoms with E-state index in [0.29, 0.717) is 19.5 Å². The second-order valence-corrected chi connectivity index (χ2v) is 4.55. The van der Waals surface area contributed by atoms with Crippen LogP contribution in [0.5, 0.6) is 0 Å². The number of nitrogens with zero attached hydrogens (tertiary/aromatic N) is 1. The summed E-state index contributed by atoms with van der Waals surface area (Å²) < 4.78 is 5.05. The summed E-state index contributed by atoms with van der Waals surface area (Å²) in [6, 6.07) is 0. The van der Waals surface area contributed by atoms with Crippen LogP contribution in [0, 0.1) is 5.92 Å². The molecule has 5 nitrogen and oxygen atoms in total. The summed E-state index contributed by atoms with van der Waals surface area (Å²) in [4.78, 5) is 36.3. The zero-order valence-corrected chi connectivity index (χ0v) is 11.8. The van der Waals surface area contributed by atoms with Crippen LogP contribution in [-0.4, -0.2) is 41.8 Å². The summed E-state index contributed by atoms with van der Waals surface area (Å²) in [5.41, 5.74) is 0. The maximum atomic E-state index is 11.8. The van der Waals surface area contributed by atoms with Crippen molar-refractivity contribution in [3.05, 3.63) is 0 Å². The summed E-state index contributed by atoms with van der Waals surface area (Å²) in [5, 5.41) is 0. The number of carbonyl (C=O) groups excluding carboxylic acids is 3. The number of rotatable bonds is 2. The van der Waals surface area contributed by atoms with Crippen LogP contribution < -0.4 is 0 Å². The Hall–Kier alpha value is -1.10. The molecule has 6 heteroatoms. The van der Waals surface area contributed by atoms with E-state index in [1.54, 1.807) is 18.7 Å². The van der Waals surface area contributed by atoms with Gasteiger partial charge in [0, 0.05) is 26.4 Å². The molecule has 104 valence electrons. The smallest absolute Gasteiger partial charge is 0.316 e. The molecule has 1 saturated heterocycles. The van der Waals surface area contributed by atoms with Crippen molar-refractivity contribution in [3.63, 3.8) is 0 Å². The van der Waals surface area contributed by atoms with E-state index in [0.717, 1.165) is 0 Å². The fourth-order valence-electron chi connectivity index (χ4n) is 1.86. The van der Waals surface area contributed by atoms with Crippen molar-refractivity contribution in [3.8, 4) is 0 Å². The Kier molecular flexibility index (Phi) is 6.91. The summed E-state index contributed by atoms with van der Waals surface area (Å²) >= 11 is 0. The third-order valence-electron chi connectivity index (χ3n) is 2.79. The van der Waals surface area contributed by atoms with Crippen molar-refractivity contribution in [2.75, 3.05) is 13.1 Å². The number of carbonyl (C=O) groups is 3. The molecule has 0 aromatic carbocycles. The van der Waals surface area contributed by atoms with E-state index in [2.05, 4.69) is 0 Å². The molecule has 1 heterocycles. The maximum absolute atomic E-state index is 11.8. The average Bonchev–Trinajstić information content (AvgIpc) is 2.39. The molecular weight excluding hydrogens is 258 g/mol. The quantitative estimate of drug-likeness (QED) is 0.562. The van der Waals surface area contributed by atoms with Crippen LogP contribution in [0.25, 0.3) is 0 Å². The number of halogens is 1. The van der Waals surface area contributed by atoms with Crippen molar-refractivity contribution in [2.45, 2.75) is 39.7 Å². The standard InChI is InChI=1S/C12H19NO4.ClH/c1-8(2)17-12(16)10-4-6-13(9(3)14)7-5-11(10)15;/h8,10H,4-7H2,1-3H3;1H. The van der Waals surface area contributed by atoms with E-state index in [1.807, 2.05) is 0 Å².